The van der Waals surface area contributed by atoms with Gasteiger partial charge in [-0.05, 0) is 0 Å². The number of aromatic nitrogens is 3. The molecule has 0 bridgehead atoms. The molecule has 6 aromatic carbocycles. The number of hydrogen-bond donors (Lipinski definition) is 0. The third-order valence-corrected chi connectivity index (χ3v) is 8.16. The van der Waals surface area contributed by atoms with Crippen molar-refractivity contribution in [2.45, 2.75) is 0 Å². The van der Waals surface area contributed by atoms with Crippen LogP contribution in [-0.2, 0) is 0 Å². The monoisotopic (exact) mass is 590 g/mol. The molecule has 0 aliphatic carbocycles. The van der Waals surface area contributed by atoms with E-state index < -0.39 is 0 Å². The van der Waals surface area contributed by atoms with Crippen molar-refractivity contribution in [3.05, 3.63) is 146 Å². The Morgan fingerprint density at radius 3 is 1.51 bits per heavy atom. The molecular formula is C37H24N3Se. The maximum absolute atomic E-state index is 4.93. The summed E-state index contributed by atoms with van der Waals surface area (Å²) in [5, 5.41) is 2.49. The van der Waals surface area contributed by atoms with E-state index in [2.05, 4.69) is 101 Å². The van der Waals surface area contributed by atoms with E-state index in [1.54, 1.807) is 0 Å². The summed E-state index contributed by atoms with van der Waals surface area (Å²) in [6.07, 6.45) is 0. The van der Waals surface area contributed by atoms with E-state index in [0.717, 1.165) is 32.3 Å². The molecule has 7 rings (SSSR count). The van der Waals surface area contributed by atoms with Crippen LogP contribution in [-0.4, -0.2) is 31.0 Å². The Morgan fingerprint density at radius 2 is 0.854 bits per heavy atom. The second-order valence-electron chi connectivity index (χ2n) is 9.86. The van der Waals surface area contributed by atoms with E-state index in [1.807, 2.05) is 60.7 Å². The third-order valence-electron chi connectivity index (χ3n) is 7.23. The quantitative estimate of drug-likeness (QED) is 0.190. The summed E-state index contributed by atoms with van der Waals surface area (Å²) in [6.45, 7) is 0. The van der Waals surface area contributed by atoms with Crippen LogP contribution in [0.3, 0.4) is 0 Å². The van der Waals surface area contributed by atoms with Gasteiger partial charge in [0.25, 0.3) is 0 Å². The molecule has 1 radical (unpaired) electrons. The summed E-state index contributed by atoms with van der Waals surface area (Å²) < 4.78 is 1.01. The summed E-state index contributed by atoms with van der Waals surface area (Å²) in [5.74, 6) is 1.94. The fourth-order valence-electron chi connectivity index (χ4n) is 5.08. The standard InChI is InChI=1S/C37H24N3Se/c41-34-32(27-21-18-26(19-22-27)31-23-20-25-10-7-8-15-30(25)24-31)16-9-17-33(34)37-39-35(28-11-3-1-4-12-28)38-36(40-37)29-13-5-2-6-14-29/h1-24H. The molecule has 0 N–H and O–H groups in total. The fourth-order valence-corrected chi connectivity index (χ4v) is 5.80. The second kappa shape index (κ2) is 10.9. The molecule has 1 aromatic heterocycles. The van der Waals surface area contributed by atoms with Gasteiger partial charge in [-0.3, -0.25) is 0 Å². The minimum atomic E-state index is 0.640. The minimum absolute atomic E-state index is 0.640. The van der Waals surface area contributed by atoms with Gasteiger partial charge in [0.1, 0.15) is 0 Å². The second-order valence-corrected chi connectivity index (χ2v) is 10.7. The summed E-state index contributed by atoms with van der Waals surface area (Å²) >= 11 is 3.32. The van der Waals surface area contributed by atoms with Gasteiger partial charge in [-0.2, -0.15) is 0 Å². The van der Waals surface area contributed by atoms with Gasteiger partial charge in [-0.25, -0.2) is 0 Å². The van der Waals surface area contributed by atoms with Gasteiger partial charge >= 0.3 is 248 Å². The number of rotatable bonds is 5. The Balaban J connectivity index is 1.29. The molecule has 0 saturated heterocycles. The average molecular weight is 590 g/mol. The predicted molar refractivity (Wildman–Crippen MR) is 170 cm³/mol. The first-order chi connectivity index (χ1) is 20.2. The fraction of sp³-hybridized carbons (Fsp3) is 0. The molecule has 0 aliphatic heterocycles. The van der Waals surface area contributed by atoms with E-state index in [9.17, 15) is 0 Å². The van der Waals surface area contributed by atoms with Crippen molar-refractivity contribution in [2.75, 3.05) is 0 Å². The number of fused-ring (bicyclic) bond motifs is 1. The Kier molecular flexibility index (Phi) is 6.70. The molecule has 4 heteroatoms. The van der Waals surface area contributed by atoms with E-state index in [0.29, 0.717) is 17.5 Å². The molecule has 0 spiro atoms. The van der Waals surface area contributed by atoms with Crippen LogP contribution >= 0.6 is 0 Å². The first kappa shape index (κ1) is 25.1. The SMILES string of the molecule is [Se]c1c(-c2ccc(-c3ccc4ccccc4c3)cc2)cccc1-c1nc(-c2ccccc2)nc(-c2ccccc2)n1. The van der Waals surface area contributed by atoms with Gasteiger partial charge in [0, 0.05) is 0 Å². The van der Waals surface area contributed by atoms with Crippen LogP contribution < -0.4 is 4.46 Å². The molecule has 0 aliphatic rings. The number of benzene rings is 6. The van der Waals surface area contributed by atoms with Gasteiger partial charge < -0.3 is 0 Å². The zero-order chi connectivity index (χ0) is 27.6. The Hall–Kier alpha value is -4.89. The summed E-state index contributed by atoms with van der Waals surface area (Å²) in [4.78, 5) is 14.7. The van der Waals surface area contributed by atoms with E-state index in [4.69, 9.17) is 15.0 Å². The molecule has 0 fully saturated rings. The van der Waals surface area contributed by atoms with Gasteiger partial charge in [0.15, 0.2) is 0 Å². The Bertz CT molecular complexity index is 1930. The molecule has 41 heavy (non-hydrogen) atoms. The van der Waals surface area contributed by atoms with E-state index in [1.165, 1.54) is 21.9 Å². The van der Waals surface area contributed by atoms with Gasteiger partial charge in [-0.1, -0.05) is 0 Å². The van der Waals surface area contributed by atoms with Crippen molar-refractivity contribution in [1.29, 1.82) is 0 Å². The van der Waals surface area contributed by atoms with E-state index >= 15 is 0 Å². The molecule has 193 valence electrons. The topological polar surface area (TPSA) is 38.7 Å². The zero-order valence-electron chi connectivity index (χ0n) is 22.1. The molecule has 0 atom stereocenters. The Labute approximate surface area is 247 Å². The van der Waals surface area contributed by atoms with Crippen LogP contribution in [0.2, 0.25) is 0 Å². The van der Waals surface area contributed by atoms with Crippen molar-refractivity contribution >= 4 is 31.2 Å². The van der Waals surface area contributed by atoms with Gasteiger partial charge in [0.2, 0.25) is 0 Å². The van der Waals surface area contributed by atoms with Crippen LogP contribution in [0, 0.1) is 0 Å². The number of hydrogen-bond acceptors (Lipinski definition) is 3. The summed E-state index contributed by atoms with van der Waals surface area (Å²) in [6, 6.07) is 50.2. The normalized spacial score (nSPS) is 11.0. The zero-order valence-corrected chi connectivity index (χ0v) is 23.8. The van der Waals surface area contributed by atoms with Crippen molar-refractivity contribution in [3.8, 4) is 56.4 Å². The van der Waals surface area contributed by atoms with Gasteiger partial charge in [-0.15, -0.1) is 0 Å². The van der Waals surface area contributed by atoms with Crippen molar-refractivity contribution in [2.24, 2.45) is 0 Å². The molecule has 3 nitrogen and oxygen atoms in total. The number of nitrogens with zero attached hydrogens (tertiary/aromatic N) is 3. The van der Waals surface area contributed by atoms with E-state index in [-0.39, 0.29) is 0 Å². The van der Waals surface area contributed by atoms with Crippen LogP contribution in [0.15, 0.2) is 146 Å². The van der Waals surface area contributed by atoms with Crippen LogP contribution in [0.1, 0.15) is 0 Å². The summed E-state index contributed by atoms with van der Waals surface area (Å²) in [7, 11) is 0. The van der Waals surface area contributed by atoms with Crippen molar-refractivity contribution in [3.63, 3.8) is 0 Å². The predicted octanol–water partition coefficient (Wildman–Crippen LogP) is 8.15. The Morgan fingerprint density at radius 1 is 0.341 bits per heavy atom. The van der Waals surface area contributed by atoms with Crippen molar-refractivity contribution in [1.82, 2.24) is 15.0 Å². The van der Waals surface area contributed by atoms with Gasteiger partial charge in [0.05, 0.1) is 0 Å². The molecular weight excluding hydrogens is 565 g/mol. The maximum atomic E-state index is 4.93. The van der Waals surface area contributed by atoms with Crippen molar-refractivity contribution < 1.29 is 0 Å². The molecule has 1 heterocycles. The molecule has 7 aromatic rings. The first-order valence-corrected chi connectivity index (χ1v) is 14.4. The third kappa shape index (κ3) is 5.07. The molecule has 0 unspecified atom stereocenters. The van der Waals surface area contributed by atoms with Crippen LogP contribution in [0.5, 0.6) is 0 Å². The summed E-state index contributed by atoms with van der Waals surface area (Å²) in [5.41, 5.74) is 7.49. The first-order valence-electron chi connectivity index (χ1n) is 13.5. The molecule has 0 saturated carbocycles. The van der Waals surface area contributed by atoms with Crippen LogP contribution in [0.4, 0.5) is 0 Å². The molecule has 0 amide bonds. The van der Waals surface area contributed by atoms with Crippen LogP contribution in [0.25, 0.3) is 67.2 Å². The average Bonchev–Trinajstić information content (AvgIpc) is 3.05.